The van der Waals surface area contributed by atoms with Gasteiger partial charge in [-0.25, -0.2) is 4.98 Å². The van der Waals surface area contributed by atoms with Crippen LogP contribution < -0.4 is 4.74 Å². The van der Waals surface area contributed by atoms with Crippen LogP contribution >= 0.6 is 11.3 Å². The lowest BCUT2D eigenvalue weighted by atomic mass is 10.1. The van der Waals surface area contributed by atoms with Crippen LogP contribution in [-0.4, -0.2) is 39.6 Å². The van der Waals surface area contributed by atoms with E-state index in [-0.39, 0.29) is 12.0 Å². The van der Waals surface area contributed by atoms with E-state index in [0.717, 1.165) is 5.69 Å². The summed E-state index contributed by atoms with van der Waals surface area (Å²) in [6.07, 6.45) is 5.72. The van der Waals surface area contributed by atoms with Gasteiger partial charge in [-0.05, 0) is 36.4 Å². The fraction of sp³-hybridized carbons (Fsp3) is 0.176. The zero-order chi connectivity index (χ0) is 15.6. The van der Waals surface area contributed by atoms with E-state index in [9.17, 15) is 4.79 Å². The molecule has 23 heavy (non-hydrogen) atoms. The van der Waals surface area contributed by atoms with Crippen molar-refractivity contribution in [3.63, 3.8) is 0 Å². The molecule has 4 rings (SSSR count). The lowest BCUT2D eigenvalue weighted by Gasteiger charge is -2.38. The minimum Gasteiger partial charge on any atom is -0.463 e. The van der Waals surface area contributed by atoms with Crippen LogP contribution in [-0.2, 0) is 0 Å². The number of ether oxygens (including phenoxy) is 1. The van der Waals surface area contributed by atoms with Gasteiger partial charge in [-0.1, -0.05) is 11.3 Å². The summed E-state index contributed by atoms with van der Waals surface area (Å²) in [4.78, 5) is 18.3. The molecule has 6 heteroatoms. The lowest BCUT2D eigenvalue weighted by molar-refractivity contribution is 0.0177. The van der Waals surface area contributed by atoms with Crippen LogP contribution in [0.15, 0.2) is 60.4 Å². The first-order valence-electron chi connectivity index (χ1n) is 7.38. The number of carbonyl (C=O) groups excluding carboxylic acids is 1. The number of aromatic nitrogens is 2. The highest BCUT2D eigenvalue weighted by atomic mass is 32.1. The summed E-state index contributed by atoms with van der Waals surface area (Å²) < 4.78 is 7.69. The Labute approximate surface area is 137 Å². The van der Waals surface area contributed by atoms with Gasteiger partial charge in [0.15, 0.2) is 0 Å². The lowest BCUT2D eigenvalue weighted by Crippen LogP contribution is -2.56. The number of hydrogen-bond acceptors (Lipinski definition) is 4. The second kappa shape index (κ2) is 5.89. The van der Waals surface area contributed by atoms with Crippen molar-refractivity contribution in [2.24, 2.45) is 0 Å². The van der Waals surface area contributed by atoms with Crippen molar-refractivity contribution in [3.05, 3.63) is 65.9 Å². The summed E-state index contributed by atoms with van der Waals surface area (Å²) in [7, 11) is 0. The SMILES string of the molecule is O=C(c1ccc(-n2cccc2)cc1)N1CC(Oc2nccs2)C1. The van der Waals surface area contributed by atoms with E-state index < -0.39 is 0 Å². The number of thiazole rings is 1. The number of likely N-dealkylation sites (tertiary alicyclic amines) is 1. The summed E-state index contributed by atoms with van der Waals surface area (Å²) in [5.41, 5.74) is 1.74. The molecule has 0 N–H and O–H groups in total. The largest absolute Gasteiger partial charge is 0.463 e. The maximum absolute atomic E-state index is 12.4. The van der Waals surface area contributed by atoms with E-state index in [0.29, 0.717) is 23.8 Å². The molecule has 1 amide bonds. The van der Waals surface area contributed by atoms with Crippen molar-refractivity contribution < 1.29 is 9.53 Å². The summed E-state index contributed by atoms with van der Waals surface area (Å²) in [6.45, 7) is 1.22. The van der Waals surface area contributed by atoms with Crippen LogP contribution in [0.3, 0.4) is 0 Å². The maximum Gasteiger partial charge on any atom is 0.273 e. The number of amides is 1. The molecule has 1 fully saturated rings. The third kappa shape index (κ3) is 2.85. The van der Waals surface area contributed by atoms with Gasteiger partial charge in [0.05, 0.1) is 13.1 Å². The second-order valence-electron chi connectivity index (χ2n) is 5.39. The van der Waals surface area contributed by atoms with E-state index in [1.165, 1.54) is 11.3 Å². The van der Waals surface area contributed by atoms with Crippen LogP contribution in [0.1, 0.15) is 10.4 Å². The molecule has 0 spiro atoms. The van der Waals surface area contributed by atoms with Gasteiger partial charge >= 0.3 is 0 Å². The predicted octanol–water partition coefficient (Wildman–Crippen LogP) is 2.84. The van der Waals surface area contributed by atoms with Crippen LogP contribution in [0.2, 0.25) is 0 Å². The van der Waals surface area contributed by atoms with Gasteiger partial charge in [0, 0.05) is 35.2 Å². The third-order valence-corrected chi connectivity index (χ3v) is 4.49. The molecule has 5 nitrogen and oxygen atoms in total. The topological polar surface area (TPSA) is 47.4 Å². The van der Waals surface area contributed by atoms with Crippen LogP contribution in [0.4, 0.5) is 0 Å². The normalized spacial score (nSPS) is 14.5. The average molecular weight is 325 g/mol. The molecule has 1 aliphatic heterocycles. The van der Waals surface area contributed by atoms with Crippen LogP contribution in [0, 0.1) is 0 Å². The van der Waals surface area contributed by atoms with Gasteiger partial charge in [0.1, 0.15) is 6.10 Å². The minimum absolute atomic E-state index is 0.0445. The Kier molecular flexibility index (Phi) is 3.59. The Bertz CT molecular complexity index is 776. The highest BCUT2D eigenvalue weighted by Crippen LogP contribution is 2.22. The number of benzene rings is 1. The molecule has 1 saturated heterocycles. The average Bonchev–Trinajstić information content (AvgIpc) is 3.23. The van der Waals surface area contributed by atoms with E-state index in [2.05, 4.69) is 4.98 Å². The fourth-order valence-electron chi connectivity index (χ4n) is 2.56. The maximum atomic E-state index is 12.4. The van der Waals surface area contributed by atoms with Gasteiger partial charge in [0.25, 0.3) is 11.1 Å². The smallest absolute Gasteiger partial charge is 0.273 e. The fourth-order valence-corrected chi connectivity index (χ4v) is 3.11. The first kappa shape index (κ1) is 14.0. The van der Waals surface area contributed by atoms with Crippen molar-refractivity contribution in [2.75, 3.05) is 13.1 Å². The standard InChI is InChI=1S/C17H15N3O2S/c21-16(20-11-15(12-20)22-17-18-7-10-23-17)13-3-5-14(6-4-13)19-8-1-2-9-19/h1-10,15H,11-12H2. The van der Waals surface area contributed by atoms with Gasteiger partial charge in [-0.15, -0.1) is 0 Å². The molecule has 1 aliphatic rings. The van der Waals surface area contributed by atoms with E-state index in [1.807, 2.05) is 58.7 Å². The molecule has 3 heterocycles. The summed E-state index contributed by atoms with van der Waals surface area (Å²) in [5, 5.41) is 2.54. The Morgan fingerprint density at radius 2 is 1.91 bits per heavy atom. The highest BCUT2D eigenvalue weighted by Gasteiger charge is 2.33. The molecular formula is C17H15N3O2S. The zero-order valence-electron chi connectivity index (χ0n) is 12.3. The number of rotatable bonds is 4. The Morgan fingerprint density at radius 1 is 1.17 bits per heavy atom. The van der Waals surface area contributed by atoms with Gasteiger partial charge in [-0.3, -0.25) is 4.79 Å². The second-order valence-corrected chi connectivity index (χ2v) is 6.24. The van der Waals surface area contributed by atoms with Gasteiger partial charge in [-0.2, -0.15) is 0 Å². The van der Waals surface area contributed by atoms with Crippen LogP contribution in [0.5, 0.6) is 5.19 Å². The first-order valence-corrected chi connectivity index (χ1v) is 8.26. The molecule has 0 bridgehead atoms. The predicted molar refractivity (Wildman–Crippen MR) is 88.2 cm³/mol. The quantitative estimate of drug-likeness (QED) is 0.741. The number of nitrogens with zero attached hydrogens (tertiary/aromatic N) is 3. The molecule has 0 saturated carbocycles. The van der Waals surface area contributed by atoms with Crippen molar-refractivity contribution in [2.45, 2.75) is 6.10 Å². The molecule has 0 aliphatic carbocycles. The molecule has 0 unspecified atom stereocenters. The van der Waals surface area contributed by atoms with Crippen molar-refractivity contribution >= 4 is 17.2 Å². The summed E-state index contributed by atoms with van der Waals surface area (Å²) >= 11 is 1.47. The van der Waals surface area contributed by atoms with Crippen molar-refractivity contribution in [1.29, 1.82) is 0 Å². The molecule has 2 aromatic heterocycles. The molecule has 0 atom stereocenters. The summed E-state index contributed by atoms with van der Waals surface area (Å²) in [5.74, 6) is 0.0445. The number of hydrogen-bond donors (Lipinski definition) is 0. The molecular weight excluding hydrogens is 310 g/mol. The Morgan fingerprint density at radius 3 is 2.57 bits per heavy atom. The Hall–Kier alpha value is -2.60. The van der Waals surface area contributed by atoms with Gasteiger partial charge in [0.2, 0.25) is 0 Å². The van der Waals surface area contributed by atoms with Crippen molar-refractivity contribution in [1.82, 2.24) is 14.5 Å². The monoisotopic (exact) mass is 325 g/mol. The first-order chi connectivity index (χ1) is 11.3. The molecule has 0 radical (unpaired) electrons. The molecule has 116 valence electrons. The highest BCUT2D eigenvalue weighted by molar-refractivity contribution is 7.11. The molecule has 3 aromatic rings. The number of carbonyl (C=O) groups is 1. The van der Waals surface area contributed by atoms with Crippen LogP contribution in [0.25, 0.3) is 5.69 Å². The molecule has 1 aromatic carbocycles. The summed E-state index contributed by atoms with van der Waals surface area (Å²) in [6, 6.07) is 11.6. The minimum atomic E-state index is 0.0445. The Balaban J connectivity index is 1.37. The third-order valence-electron chi connectivity index (χ3n) is 3.83. The van der Waals surface area contributed by atoms with E-state index in [4.69, 9.17) is 4.74 Å². The van der Waals surface area contributed by atoms with E-state index in [1.54, 1.807) is 11.1 Å². The zero-order valence-corrected chi connectivity index (χ0v) is 13.1. The van der Waals surface area contributed by atoms with Gasteiger partial charge < -0.3 is 14.2 Å². The van der Waals surface area contributed by atoms with Crippen molar-refractivity contribution in [3.8, 4) is 10.9 Å². The van der Waals surface area contributed by atoms with E-state index >= 15 is 0 Å².